The maximum absolute atomic E-state index is 11.5. The molecule has 0 fully saturated rings. The number of hydrogen-bond acceptors (Lipinski definition) is 5. The molecule has 0 atom stereocenters. The van der Waals surface area contributed by atoms with Crippen LogP contribution < -0.4 is 19.3 Å². The molecule has 0 unspecified atom stereocenters. The van der Waals surface area contributed by atoms with Crippen LogP contribution in [0.15, 0.2) is 41.3 Å². The lowest BCUT2D eigenvalue weighted by molar-refractivity contribution is 0.377. The molecule has 6 nitrogen and oxygen atoms in total. The van der Waals surface area contributed by atoms with Crippen LogP contribution in [0.3, 0.4) is 0 Å². The Bertz CT molecular complexity index is 761. The number of benzene rings is 2. The minimum absolute atomic E-state index is 0.0184. The number of nitrogens with two attached hydrogens (primary N) is 1. The Hall–Kier alpha value is -2.25. The van der Waals surface area contributed by atoms with Gasteiger partial charge in [-0.25, -0.2) is 13.6 Å². The van der Waals surface area contributed by atoms with Crippen LogP contribution in [0.1, 0.15) is 0 Å². The molecular weight excluding hydrogens is 306 g/mol. The molecule has 0 aliphatic heterocycles. The van der Waals surface area contributed by atoms with E-state index in [1.165, 1.54) is 33.5 Å². The van der Waals surface area contributed by atoms with Crippen molar-refractivity contribution in [3.8, 4) is 28.4 Å². The molecule has 22 heavy (non-hydrogen) atoms. The Kier molecular flexibility index (Phi) is 4.58. The second-order valence-electron chi connectivity index (χ2n) is 4.48. The summed E-state index contributed by atoms with van der Waals surface area (Å²) in [6.07, 6.45) is 0. The van der Waals surface area contributed by atoms with Crippen LogP contribution in [-0.2, 0) is 10.0 Å². The van der Waals surface area contributed by atoms with Crippen LogP contribution in [0, 0.1) is 0 Å². The Balaban J connectivity index is 2.71. The molecule has 2 aromatic carbocycles. The molecule has 0 saturated carbocycles. The summed E-state index contributed by atoms with van der Waals surface area (Å²) in [5.74, 6) is 1.57. The molecule has 0 radical (unpaired) electrons. The molecule has 0 aliphatic rings. The fourth-order valence-corrected chi connectivity index (χ4v) is 2.68. The van der Waals surface area contributed by atoms with Crippen LogP contribution in [0.2, 0.25) is 0 Å². The van der Waals surface area contributed by atoms with E-state index in [4.69, 9.17) is 19.3 Å². The molecule has 2 N–H and O–H groups in total. The van der Waals surface area contributed by atoms with Crippen LogP contribution in [0.25, 0.3) is 11.1 Å². The normalized spacial score (nSPS) is 11.1. The number of ether oxygens (including phenoxy) is 3. The number of methoxy groups -OCH3 is 3. The SMILES string of the molecule is COc1cc(OC)c(-c2cccc(S(N)(=O)=O)c2)c(OC)c1. The van der Waals surface area contributed by atoms with Crippen molar-refractivity contribution in [1.82, 2.24) is 0 Å². The molecule has 0 spiro atoms. The highest BCUT2D eigenvalue weighted by Gasteiger charge is 2.17. The minimum atomic E-state index is -3.79. The van der Waals surface area contributed by atoms with Crippen LogP contribution in [-0.4, -0.2) is 29.7 Å². The van der Waals surface area contributed by atoms with Crippen molar-refractivity contribution >= 4 is 10.0 Å². The molecule has 0 aromatic heterocycles. The standard InChI is InChI=1S/C15H17NO5S/c1-19-11-8-13(20-2)15(14(9-11)21-3)10-5-4-6-12(7-10)22(16,17)18/h4-9H,1-3H3,(H2,16,17,18). The van der Waals surface area contributed by atoms with Gasteiger partial charge in [-0.15, -0.1) is 0 Å². The number of sulfonamides is 1. The maximum atomic E-state index is 11.5. The molecule has 118 valence electrons. The fourth-order valence-electron chi connectivity index (χ4n) is 2.12. The van der Waals surface area contributed by atoms with Gasteiger partial charge in [0.2, 0.25) is 10.0 Å². The van der Waals surface area contributed by atoms with Crippen molar-refractivity contribution in [3.63, 3.8) is 0 Å². The summed E-state index contributed by atoms with van der Waals surface area (Å²) in [6.45, 7) is 0. The van der Waals surface area contributed by atoms with Gasteiger partial charge in [0.25, 0.3) is 0 Å². The third kappa shape index (κ3) is 3.15. The van der Waals surface area contributed by atoms with Crippen molar-refractivity contribution in [2.24, 2.45) is 5.14 Å². The zero-order valence-electron chi connectivity index (χ0n) is 12.5. The summed E-state index contributed by atoms with van der Waals surface area (Å²) >= 11 is 0. The lowest BCUT2D eigenvalue weighted by Crippen LogP contribution is -2.12. The molecular formula is C15H17NO5S. The lowest BCUT2D eigenvalue weighted by Gasteiger charge is -2.15. The predicted octanol–water partition coefficient (Wildman–Crippen LogP) is 2.03. The largest absolute Gasteiger partial charge is 0.496 e. The third-order valence-electron chi connectivity index (χ3n) is 3.17. The molecule has 2 rings (SSSR count). The minimum Gasteiger partial charge on any atom is -0.496 e. The molecule has 2 aromatic rings. The highest BCUT2D eigenvalue weighted by atomic mass is 32.2. The first kappa shape index (κ1) is 16.1. The van der Waals surface area contributed by atoms with Gasteiger partial charge in [-0.05, 0) is 17.7 Å². The molecule has 0 aliphatic carbocycles. The molecule has 0 saturated heterocycles. The average Bonchev–Trinajstić information content (AvgIpc) is 2.52. The van der Waals surface area contributed by atoms with E-state index in [0.717, 1.165) is 0 Å². The van der Waals surface area contributed by atoms with Gasteiger partial charge in [0.05, 0.1) is 31.8 Å². The Morgan fingerprint density at radius 2 is 1.50 bits per heavy atom. The van der Waals surface area contributed by atoms with E-state index >= 15 is 0 Å². The third-order valence-corrected chi connectivity index (χ3v) is 4.08. The number of primary sulfonamides is 1. The number of hydrogen-bond donors (Lipinski definition) is 1. The molecule has 0 bridgehead atoms. The first-order chi connectivity index (χ1) is 10.4. The van der Waals surface area contributed by atoms with Gasteiger partial charge < -0.3 is 14.2 Å². The zero-order valence-corrected chi connectivity index (χ0v) is 13.3. The first-order valence-electron chi connectivity index (χ1n) is 6.34. The Labute approximate surface area is 129 Å². The van der Waals surface area contributed by atoms with Gasteiger partial charge in [0, 0.05) is 12.1 Å². The summed E-state index contributed by atoms with van der Waals surface area (Å²) in [5, 5.41) is 5.18. The highest BCUT2D eigenvalue weighted by Crippen LogP contribution is 2.42. The van der Waals surface area contributed by atoms with E-state index in [9.17, 15) is 8.42 Å². The monoisotopic (exact) mass is 323 g/mol. The van der Waals surface area contributed by atoms with E-state index in [1.807, 2.05) is 0 Å². The van der Waals surface area contributed by atoms with Gasteiger partial charge in [-0.3, -0.25) is 0 Å². The van der Waals surface area contributed by atoms with Crippen molar-refractivity contribution in [1.29, 1.82) is 0 Å². The quantitative estimate of drug-likeness (QED) is 0.909. The molecule has 0 amide bonds. The lowest BCUT2D eigenvalue weighted by atomic mass is 10.0. The second-order valence-corrected chi connectivity index (χ2v) is 6.04. The van der Waals surface area contributed by atoms with Gasteiger partial charge in [0.15, 0.2) is 0 Å². The molecule has 0 heterocycles. The van der Waals surface area contributed by atoms with E-state index in [1.54, 1.807) is 24.3 Å². The maximum Gasteiger partial charge on any atom is 0.238 e. The average molecular weight is 323 g/mol. The van der Waals surface area contributed by atoms with Gasteiger partial charge in [0.1, 0.15) is 17.2 Å². The van der Waals surface area contributed by atoms with Crippen molar-refractivity contribution in [2.75, 3.05) is 21.3 Å². The topological polar surface area (TPSA) is 87.9 Å². The van der Waals surface area contributed by atoms with Crippen molar-refractivity contribution in [2.45, 2.75) is 4.90 Å². The summed E-state index contributed by atoms with van der Waals surface area (Å²) in [5.41, 5.74) is 1.24. The summed E-state index contributed by atoms with van der Waals surface area (Å²) in [4.78, 5) is 0.0184. The Morgan fingerprint density at radius 3 is 1.95 bits per heavy atom. The smallest absolute Gasteiger partial charge is 0.238 e. The van der Waals surface area contributed by atoms with Crippen molar-refractivity contribution in [3.05, 3.63) is 36.4 Å². The van der Waals surface area contributed by atoms with Gasteiger partial charge in [-0.2, -0.15) is 0 Å². The van der Waals surface area contributed by atoms with Crippen LogP contribution in [0.5, 0.6) is 17.2 Å². The van der Waals surface area contributed by atoms with Crippen LogP contribution in [0.4, 0.5) is 0 Å². The first-order valence-corrected chi connectivity index (χ1v) is 7.88. The summed E-state index contributed by atoms with van der Waals surface area (Å²) in [6, 6.07) is 9.66. The molecule has 7 heteroatoms. The van der Waals surface area contributed by atoms with E-state index < -0.39 is 10.0 Å². The van der Waals surface area contributed by atoms with E-state index in [2.05, 4.69) is 0 Å². The summed E-state index contributed by atoms with van der Waals surface area (Å²) < 4.78 is 39.0. The van der Waals surface area contributed by atoms with E-state index in [0.29, 0.717) is 28.4 Å². The number of rotatable bonds is 5. The van der Waals surface area contributed by atoms with E-state index in [-0.39, 0.29) is 4.90 Å². The van der Waals surface area contributed by atoms with Crippen molar-refractivity contribution < 1.29 is 22.6 Å². The van der Waals surface area contributed by atoms with Gasteiger partial charge >= 0.3 is 0 Å². The zero-order chi connectivity index (χ0) is 16.3. The van der Waals surface area contributed by atoms with Crippen LogP contribution >= 0.6 is 0 Å². The fraction of sp³-hybridized carbons (Fsp3) is 0.200. The highest BCUT2D eigenvalue weighted by molar-refractivity contribution is 7.89. The predicted molar refractivity (Wildman–Crippen MR) is 82.9 cm³/mol. The Morgan fingerprint density at radius 1 is 0.909 bits per heavy atom. The second kappa shape index (κ2) is 6.25. The van der Waals surface area contributed by atoms with Gasteiger partial charge in [-0.1, -0.05) is 12.1 Å². The summed E-state index contributed by atoms with van der Waals surface area (Å²) in [7, 11) is 0.776.